The van der Waals surface area contributed by atoms with E-state index in [1.165, 1.54) is 0 Å². The molecule has 1 N–H and O–H groups in total. The first kappa shape index (κ1) is 10.4. The van der Waals surface area contributed by atoms with Gasteiger partial charge in [0.2, 0.25) is 0 Å². The molecule has 0 aromatic carbocycles. The molecule has 0 aromatic heterocycles. The molecule has 2 aliphatic heterocycles. The molecule has 0 saturated carbocycles. The van der Waals surface area contributed by atoms with Crippen LogP contribution in [0.15, 0.2) is 0 Å². The molecule has 5 nitrogen and oxygen atoms in total. The molecule has 0 aromatic rings. The fourth-order valence-electron chi connectivity index (χ4n) is 2.07. The monoisotopic (exact) mass is 212 g/mol. The number of amides is 1. The minimum atomic E-state index is -0.288. The standard InChI is InChI=1S/C10H16N2O3/c13-9-7-15-10(14)6-12(9)5-8-1-3-11-4-2-8/h8,11H,1-7H2. The molecule has 0 aliphatic carbocycles. The van der Waals surface area contributed by atoms with Crippen molar-refractivity contribution in [1.29, 1.82) is 0 Å². The number of carbonyl (C=O) groups is 2. The van der Waals surface area contributed by atoms with E-state index in [2.05, 4.69) is 10.1 Å². The van der Waals surface area contributed by atoms with Crippen LogP contribution in [-0.4, -0.2) is 49.6 Å². The van der Waals surface area contributed by atoms with Crippen LogP contribution in [0.3, 0.4) is 0 Å². The van der Waals surface area contributed by atoms with Crippen LogP contribution < -0.4 is 5.32 Å². The highest BCUT2D eigenvalue weighted by molar-refractivity contribution is 5.88. The van der Waals surface area contributed by atoms with E-state index in [0.717, 1.165) is 25.9 Å². The number of ether oxygens (including phenoxy) is 1. The van der Waals surface area contributed by atoms with Crippen LogP contribution in [0.1, 0.15) is 12.8 Å². The highest BCUT2D eigenvalue weighted by atomic mass is 16.5. The lowest BCUT2D eigenvalue weighted by molar-refractivity contribution is -0.163. The zero-order valence-corrected chi connectivity index (χ0v) is 8.70. The summed E-state index contributed by atoms with van der Waals surface area (Å²) in [6.07, 6.45) is 2.16. The van der Waals surface area contributed by atoms with Gasteiger partial charge in [0.15, 0.2) is 6.61 Å². The summed E-state index contributed by atoms with van der Waals surface area (Å²) < 4.78 is 4.67. The Hall–Kier alpha value is -1.10. The maximum atomic E-state index is 11.4. The van der Waals surface area contributed by atoms with Gasteiger partial charge in [-0.1, -0.05) is 0 Å². The van der Waals surface area contributed by atoms with Gasteiger partial charge in [-0.25, -0.2) is 0 Å². The molecule has 2 rings (SSSR count). The molecule has 2 heterocycles. The molecule has 2 fully saturated rings. The predicted octanol–water partition coefficient (Wildman–Crippen LogP) is -0.629. The van der Waals surface area contributed by atoms with Crippen LogP contribution in [0.2, 0.25) is 0 Å². The average Bonchev–Trinajstić information content (AvgIpc) is 2.25. The first-order chi connectivity index (χ1) is 7.25. The van der Waals surface area contributed by atoms with E-state index in [4.69, 9.17) is 0 Å². The summed E-state index contributed by atoms with van der Waals surface area (Å²) in [5.74, 6) is 0.178. The van der Waals surface area contributed by atoms with E-state index in [1.807, 2.05) is 0 Å². The topological polar surface area (TPSA) is 58.6 Å². The Labute approximate surface area is 88.8 Å². The Morgan fingerprint density at radius 3 is 2.80 bits per heavy atom. The SMILES string of the molecule is O=C1CN(CC2CCNCC2)C(=O)CO1. The molecular weight excluding hydrogens is 196 g/mol. The maximum Gasteiger partial charge on any atom is 0.326 e. The Morgan fingerprint density at radius 2 is 2.07 bits per heavy atom. The molecule has 0 radical (unpaired) electrons. The first-order valence-electron chi connectivity index (χ1n) is 5.40. The second kappa shape index (κ2) is 4.61. The van der Waals surface area contributed by atoms with Crippen LogP contribution in [0.4, 0.5) is 0 Å². The fourth-order valence-corrected chi connectivity index (χ4v) is 2.07. The molecule has 2 aliphatic rings. The Morgan fingerprint density at radius 1 is 1.33 bits per heavy atom. The van der Waals surface area contributed by atoms with Gasteiger partial charge in [-0.15, -0.1) is 0 Å². The first-order valence-corrected chi connectivity index (χ1v) is 5.40. The predicted molar refractivity (Wildman–Crippen MR) is 53.1 cm³/mol. The third kappa shape index (κ3) is 2.68. The van der Waals surface area contributed by atoms with Crippen molar-refractivity contribution in [2.24, 2.45) is 5.92 Å². The molecule has 1 amide bonds. The summed E-state index contributed by atoms with van der Waals surface area (Å²) in [7, 11) is 0. The Balaban J connectivity index is 1.85. The zero-order valence-electron chi connectivity index (χ0n) is 8.70. The third-order valence-corrected chi connectivity index (χ3v) is 2.97. The summed E-state index contributed by atoms with van der Waals surface area (Å²) >= 11 is 0. The van der Waals surface area contributed by atoms with Gasteiger partial charge in [0.05, 0.1) is 0 Å². The van der Waals surface area contributed by atoms with Gasteiger partial charge in [-0.3, -0.25) is 9.59 Å². The number of nitrogens with zero attached hydrogens (tertiary/aromatic N) is 1. The van der Waals surface area contributed by atoms with Crippen LogP contribution in [0, 0.1) is 5.92 Å². The summed E-state index contributed by atoms with van der Waals surface area (Å²) in [5, 5.41) is 3.28. The van der Waals surface area contributed by atoms with E-state index in [1.54, 1.807) is 4.90 Å². The van der Waals surface area contributed by atoms with E-state index in [-0.39, 0.29) is 25.0 Å². The minimum absolute atomic E-state index is 0.0619. The van der Waals surface area contributed by atoms with Crippen LogP contribution in [0.25, 0.3) is 0 Å². The largest absolute Gasteiger partial charge is 0.454 e. The normalized spacial score (nSPS) is 24.1. The summed E-state index contributed by atoms with van der Waals surface area (Å²) in [6.45, 7) is 2.77. The zero-order chi connectivity index (χ0) is 10.7. The minimum Gasteiger partial charge on any atom is -0.454 e. The fraction of sp³-hybridized carbons (Fsp3) is 0.800. The van der Waals surface area contributed by atoms with Gasteiger partial charge in [-0.05, 0) is 31.8 Å². The molecule has 2 saturated heterocycles. The van der Waals surface area contributed by atoms with E-state index >= 15 is 0 Å². The molecular formula is C10H16N2O3. The Bertz CT molecular complexity index is 261. The van der Waals surface area contributed by atoms with Crippen LogP contribution in [0.5, 0.6) is 0 Å². The second-order valence-corrected chi connectivity index (χ2v) is 4.13. The maximum absolute atomic E-state index is 11.4. The summed E-state index contributed by atoms with van der Waals surface area (Å²) in [5.41, 5.74) is 0. The van der Waals surface area contributed by atoms with Crippen molar-refractivity contribution in [3.63, 3.8) is 0 Å². The van der Waals surface area contributed by atoms with Crippen molar-refractivity contribution in [2.75, 3.05) is 32.8 Å². The van der Waals surface area contributed by atoms with Gasteiger partial charge in [0, 0.05) is 6.54 Å². The van der Waals surface area contributed by atoms with Crippen molar-refractivity contribution in [2.45, 2.75) is 12.8 Å². The van der Waals surface area contributed by atoms with E-state index in [0.29, 0.717) is 12.5 Å². The quantitative estimate of drug-likeness (QED) is 0.619. The van der Waals surface area contributed by atoms with Gasteiger partial charge in [-0.2, -0.15) is 0 Å². The number of carbonyl (C=O) groups excluding carboxylic acids is 2. The number of morpholine rings is 1. The number of hydrogen-bond donors (Lipinski definition) is 1. The van der Waals surface area contributed by atoms with Gasteiger partial charge < -0.3 is 15.0 Å². The lowest BCUT2D eigenvalue weighted by Crippen LogP contribution is -2.47. The number of rotatable bonds is 2. The van der Waals surface area contributed by atoms with Crippen molar-refractivity contribution in [1.82, 2.24) is 10.2 Å². The summed E-state index contributed by atoms with van der Waals surface area (Å²) in [4.78, 5) is 24.1. The molecule has 5 heteroatoms. The third-order valence-electron chi connectivity index (χ3n) is 2.97. The van der Waals surface area contributed by atoms with Crippen molar-refractivity contribution < 1.29 is 14.3 Å². The molecule has 15 heavy (non-hydrogen) atoms. The molecule has 0 unspecified atom stereocenters. The molecule has 84 valence electrons. The van der Waals surface area contributed by atoms with E-state index < -0.39 is 0 Å². The Kier molecular flexibility index (Phi) is 3.20. The number of nitrogens with one attached hydrogen (secondary N) is 1. The summed E-state index contributed by atoms with van der Waals surface area (Å²) in [6, 6.07) is 0. The van der Waals surface area contributed by atoms with Gasteiger partial charge >= 0.3 is 5.97 Å². The molecule has 0 bridgehead atoms. The number of hydrogen-bond acceptors (Lipinski definition) is 4. The van der Waals surface area contributed by atoms with Crippen molar-refractivity contribution in [3.8, 4) is 0 Å². The molecule has 0 atom stereocenters. The van der Waals surface area contributed by atoms with Gasteiger partial charge in [0.25, 0.3) is 5.91 Å². The van der Waals surface area contributed by atoms with Crippen LogP contribution >= 0.6 is 0 Å². The lowest BCUT2D eigenvalue weighted by atomic mass is 9.97. The lowest BCUT2D eigenvalue weighted by Gasteiger charge is -2.31. The number of esters is 1. The number of piperidine rings is 1. The van der Waals surface area contributed by atoms with Gasteiger partial charge in [0.1, 0.15) is 6.54 Å². The highest BCUT2D eigenvalue weighted by Gasteiger charge is 2.27. The number of cyclic esters (lactones) is 1. The molecule has 0 spiro atoms. The van der Waals surface area contributed by atoms with Crippen molar-refractivity contribution in [3.05, 3.63) is 0 Å². The average molecular weight is 212 g/mol. The second-order valence-electron chi connectivity index (χ2n) is 4.13. The van der Waals surface area contributed by atoms with Crippen LogP contribution in [-0.2, 0) is 14.3 Å². The smallest absolute Gasteiger partial charge is 0.326 e. The highest BCUT2D eigenvalue weighted by Crippen LogP contribution is 2.14. The van der Waals surface area contributed by atoms with E-state index in [9.17, 15) is 9.59 Å². The van der Waals surface area contributed by atoms with Crippen molar-refractivity contribution >= 4 is 11.9 Å².